The van der Waals surface area contributed by atoms with Gasteiger partial charge in [0.2, 0.25) is 5.91 Å². The van der Waals surface area contributed by atoms with Gasteiger partial charge in [0, 0.05) is 11.2 Å². The number of nitrogens with one attached hydrogen (secondary N) is 1. The zero-order valence-corrected chi connectivity index (χ0v) is 10.7. The van der Waals surface area contributed by atoms with Gasteiger partial charge in [-0.1, -0.05) is 23.7 Å². The van der Waals surface area contributed by atoms with Crippen molar-refractivity contribution in [2.75, 3.05) is 5.32 Å². The van der Waals surface area contributed by atoms with Crippen LogP contribution in [0.25, 0.3) is 0 Å². The number of aromatic nitrogens is 1. The number of rotatable bonds is 3. The molecule has 1 heterocycles. The van der Waals surface area contributed by atoms with Gasteiger partial charge in [-0.25, -0.2) is 0 Å². The van der Waals surface area contributed by atoms with Gasteiger partial charge in [0.1, 0.15) is 0 Å². The molecule has 0 unspecified atom stereocenters. The van der Waals surface area contributed by atoms with E-state index in [1.165, 1.54) is 0 Å². The lowest BCUT2D eigenvalue weighted by Gasteiger charge is -2.07. The molecule has 4 heteroatoms. The van der Waals surface area contributed by atoms with E-state index in [9.17, 15) is 4.79 Å². The van der Waals surface area contributed by atoms with Crippen LogP contribution in [0.2, 0.25) is 5.02 Å². The highest BCUT2D eigenvalue weighted by atomic mass is 35.5. The van der Waals surface area contributed by atoms with Crippen molar-refractivity contribution in [2.24, 2.45) is 0 Å². The number of aryl methyl sites for hydroxylation is 1. The van der Waals surface area contributed by atoms with Crippen LogP contribution in [0.4, 0.5) is 5.69 Å². The Morgan fingerprint density at radius 1 is 1.33 bits per heavy atom. The Morgan fingerprint density at radius 3 is 2.89 bits per heavy atom. The fourth-order valence-electron chi connectivity index (χ4n) is 1.64. The molecular weight excluding hydrogens is 248 g/mol. The number of nitrogens with zero attached hydrogens (tertiary/aromatic N) is 1. The summed E-state index contributed by atoms with van der Waals surface area (Å²) in [6, 6.07) is 10.9. The van der Waals surface area contributed by atoms with E-state index in [4.69, 9.17) is 11.6 Å². The third kappa shape index (κ3) is 3.31. The molecule has 0 aliphatic heterocycles. The number of benzene rings is 1. The van der Waals surface area contributed by atoms with Crippen molar-refractivity contribution in [3.8, 4) is 0 Å². The number of halogens is 1. The summed E-state index contributed by atoms with van der Waals surface area (Å²) in [6.45, 7) is 1.86. The predicted molar refractivity (Wildman–Crippen MR) is 72.8 cm³/mol. The van der Waals surface area contributed by atoms with E-state index < -0.39 is 0 Å². The zero-order chi connectivity index (χ0) is 13.0. The Bertz CT molecular complexity index is 569. The second kappa shape index (κ2) is 5.65. The predicted octanol–water partition coefficient (Wildman–Crippen LogP) is 3.22. The van der Waals surface area contributed by atoms with Gasteiger partial charge in [0.25, 0.3) is 0 Å². The maximum absolute atomic E-state index is 11.9. The molecule has 0 bridgehead atoms. The van der Waals surface area contributed by atoms with Gasteiger partial charge in [-0.2, -0.15) is 0 Å². The molecule has 1 amide bonds. The largest absolute Gasteiger partial charge is 0.324 e. The van der Waals surface area contributed by atoms with E-state index in [2.05, 4.69) is 10.3 Å². The molecule has 0 saturated heterocycles. The highest BCUT2D eigenvalue weighted by Crippen LogP contribution is 2.13. The standard InChI is InChI=1S/C14H13ClN2O/c1-10-13(6-3-7-16-10)17-14(18)9-11-4-2-5-12(15)8-11/h2-8H,9H2,1H3,(H,17,18). The van der Waals surface area contributed by atoms with Crippen molar-refractivity contribution in [3.63, 3.8) is 0 Å². The number of amides is 1. The molecule has 0 fully saturated rings. The molecule has 0 aliphatic carbocycles. The summed E-state index contributed by atoms with van der Waals surface area (Å²) >= 11 is 5.87. The van der Waals surface area contributed by atoms with Crippen molar-refractivity contribution in [1.29, 1.82) is 0 Å². The summed E-state index contributed by atoms with van der Waals surface area (Å²) in [4.78, 5) is 16.0. The number of carbonyl (C=O) groups excluding carboxylic acids is 1. The molecule has 2 rings (SSSR count). The molecule has 1 aromatic heterocycles. The van der Waals surface area contributed by atoms with E-state index in [1.807, 2.05) is 25.1 Å². The zero-order valence-electron chi connectivity index (χ0n) is 9.98. The first kappa shape index (κ1) is 12.6. The SMILES string of the molecule is Cc1ncccc1NC(=O)Cc1cccc(Cl)c1. The Morgan fingerprint density at radius 2 is 2.17 bits per heavy atom. The third-order valence-corrected chi connectivity index (χ3v) is 2.77. The topological polar surface area (TPSA) is 42.0 Å². The fraction of sp³-hybridized carbons (Fsp3) is 0.143. The minimum Gasteiger partial charge on any atom is -0.324 e. The number of pyridine rings is 1. The van der Waals surface area contributed by atoms with Crippen molar-refractivity contribution in [2.45, 2.75) is 13.3 Å². The minimum absolute atomic E-state index is 0.0756. The highest BCUT2D eigenvalue weighted by Gasteiger charge is 2.06. The first-order valence-electron chi connectivity index (χ1n) is 5.61. The first-order chi connectivity index (χ1) is 8.65. The van der Waals surface area contributed by atoms with Crippen LogP contribution in [0.15, 0.2) is 42.6 Å². The first-order valence-corrected chi connectivity index (χ1v) is 5.99. The molecule has 18 heavy (non-hydrogen) atoms. The molecule has 0 atom stereocenters. The van der Waals surface area contributed by atoms with Crippen molar-refractivity contribution >= 4 is 23.2 Å². The van der Waals surface area contributed by atoms with E-state index in [0.29, 0.717) is 11.4 Å². The third-order valence-electron chi connectivity index (χ3n) is 2.53. The van der Waals surface area contributed by atoms with E-state index >= 15 is 0 Å². The van der Waals surface area contributed by atoms with Crippen LogP contribution < -0.4 is 5.32 Å². The molecule has 2 aromatic rings. The number of anilines is 1. The molecule has 0 radical (unpaired) electrons. The Kier molecular flexibility index (Phi) is 3.95. The quantitative estimate of drug-likeness (QED) is 0.921. The summed E-state index contributed by atoms with van der Waals surface area (Å²) in [5.74, 6) is -0.0756. The van der Waals surface area contributed by atoms with Gasteiger partial charge >= 0.3 is 0 Å². The number of hydrogen-bond donors (Lipinski definition) is 1. The van der Waals surface area contributed by atoms with Crippen LogP contribution in [0, 0.1) is 6.92 Å². The number of hydrogen-bond acceptors (Lipinski definition) is 2. The van der Waals surface area contributed by atoms with Gasteiger partial charge < -0.3 is 5.32 Å². The van der Waals surface area contributed by atoms with Gasteiger partial charge in [-0.15, -0.1) is 0 Å². The van der Waals surface area contributed by atoms with Crippen LogP contribution in [0.1, 0.15) is 11.3 Å². The van der Waals surface area contributed by atoms with Gasteiger partial charge in [-0.3, -0.25) is 9.78 Å². The average molecular weight is 261 g/mol. The molecule has 3 nitrogen and oxygen atoms in total. The summed E-state index contributed by atoms with van der Waals surface area (Å²) < 4.78 is 0. The van der Waals surface area contributed by atoms with Crippen LogP contribution >= 0.6 is 11.6 Å². The normalized spacial score (nSPS) is 10.1. The molecule has 0 saturated carbocycles. The minimum atomic E-state index is -0.0756. The Labute approximate surface area is 111 Å². The van der Waals surface area contributed by atoms with Crippen molar-refractivity contribution in [1.82, 2.24) is 4.98 Å². The smallest absolute Gasteiger partial charge is 0.228 e. The maximum atomic E-state index is 11.9. The second-order valence-corrected chi connectivity index (χ2v) is 4.43. The summed E-state index contributed by atoms with van der Waals surface area (Å²) in [5, 5.41) is 3.47. The Hall–Kier alpha value is -1.87. The molecule has 0 aliphatic rings. The number of carbonyl (C=O) groups is 1. The lowest BCUT2D eigenvalue weighted by atomic mass is 10.1. The summed E-state index contributed by atoms with van der Waals surface area (Å²) in [5.41, 5.74) is 2.43. The average Bonchev–Trinajstić information content (AvgIpc) is 2.32. The van der Waals surface area contributed by atoms with Gasteiger partial charge in [0.05, 0.1) is 17.8 Å². The van der Waals surface area contributed by atoms with Crippen molar-refractivity contribution < 1.29 is 4.79 Å². The monoisotopic (exact) mass is 260 g/mol. The lowest BCUT2D eigenvalue weighted by molar-refractivity contribution is -0.115. The van der Waals surface area contributed by atoms with Crippen LogP contribution in [0.5, 0.6) is 0 Å². The molecule has 1 aromatic carbocycles. The summed E-state index contributed by atoms with van der Waals surface area (Å²) in [7, 11) is 0. The fourth-order valence-corrected chi connectivity index (χ4v) is 1.86. The van der Waals surface area contributed by atoms with E-state index in [1.54, 1.807) is 24.4 Å². The van der Waals surface area contributed by atoms with Crippen LogP contribution in [0.3, 0.4) is 0 Å². The molecule has 92 valence electrons. The van der Waals surface area contributed by atoms with E-state index in [0.717, 1.165) is 16.9 Å². The van der Waals surface area contributed by atoms with Gasteiger partial charge in [-0.05, 0) is 36.8 Å². The Balaban J connectivity index is 2.03. The lowest BCUT2D eigenvalue weighted by Crippen LogP contribution is -2.15. The maximum Gasteiger partial charge on any atom is 0.228 e. The van der Waals surface area contributed by atoms with E-state index in [-0.39, 0.29) is 5.91 Å². The van der Waals surface area contributed by atoms with Gasteiger partial charge in [0.15, 0.2) is 0 Å². The molecule has 1 N–H and O–H groups in total. The van der Waals surface area contributed by atoms with Crippen molar-refractivity contribution in [3.05, 3.63) is 58.9 Å². The highest BCUT2D eigenvalue weighted by molar-refractivity contribution is 6.30. The second-order valence-electron chi connectivity index (χ2n) is 3.99. The molecule has 0 spiro atoms. The summed E-state index contributed by atoms with van der Waals surface area (Å²) in [6.07, 6.45) is 2.00. The van der Waals surface area contributed by atoms with Crippen LogP contribution in [-0.2, 0) is 11.2 Å². The molecular formula is C14H13ClN2O. The van der Waals surface area contributed by atoms with Crippen LogP contribution in [-0.4, -0.2) is 10.9 Å².